The third kappa shape index (κ3) is 7.14. The van der Waals surface area contributed by atoms with Crippen molar-refractivity contribution in [1.29, 1.82) is 0 Å². The van der Waals surface area contributed by atoms with E-state index in [0.29, 0.717) is 31.1 Å². The normalized spacial score (nSPS) is 19.6. The van der Waals surface area contributed by atoms with Crippen LogP contribution in [0, 0.1) is 0 Å². The molecule has 36 heavy (non-hydrogen) atoms. The smallest absolute Gasteiger partial charge is 0.348 e. The first kappa shape index (κ1) is 26.8. The van der Waals surface area contributed by atoms with Gasteiger partial charge in [0.1, 0.15) is 11.5 Å². The van der Waals surface area contributed by atoms with E-state index in [0.717, 1.165) is 68.2 Å². The van der Waals surface area contributed by atoms with Gasteiger partial charge in [-0.25, -0.2) is 4.79 Å². The summed E-state index contributed by atoms with van der Waals surface area (Å²) in [5.74, 6) is -0.219. The minimum Gasteiger partial charge on any atom is -0.460 e. The predicted molar refractivity (Wildman–Crippen MR) is 138 cm³/mol. The number of thiophene rings is 1. The Balaban J connectivity index is 1.23. The number of rotatable bonds is 12. The van der Waals surface area contributed by atoms with Crippen LogP contribution in [0.15, 0.2) is 36.4 Å². The number of hydrogen-bond donors (Lipinski definition) is 1. The van der Waals surface area contributed by atoms with E-state index in [2.05, 4.69) is 4.90 Å². The molecule has 196 valence electrons. The maximum absolute atomic E-state index is 12.6. The Bertz CT molecular complexity index is 988. The molecule has 4 rings (SSSR count). The summed E-state index contributed by atoms with van der Waals surface area (Å²) >= 11 is 1.38. The highest BCUT2D eigenvalue weighted by Crippen LogP contribution is 2.29. The van der Waals surface area contributed by atoms with Crippen LogP contribution in [0.4, 0.5) is 5.69 Å². The van der Waals surface area contributed by atoms with Crippen molar-refractivity contribution < 1.29 is 28.9 Å². The first-order valence-electron chi connectivity index (χ1n) is 12.8. The van der Waals surface area contributed by atoms with Gasteiger partial charge >= 0.3 is 5.97 Å². The molecule has 1 aromatic carbocycles. The fraction of sp³-hybridized carbons (Fsp3) is 0.556. The molecule has 3 heterocycles. The van der Waals surface area contributed by atoms with Crippen molar-refractivity contribution in [3.8, 4) is 0 Å². The van der Waals surface area contributed by atoms with Gasteiger partial charge in [-0.05, 0) is 42.7 Å². The highest BCUT2D eigenvalue weighted by molar-refractivity contribution is 7.13. The largest absolute Gasteiger partial charge is 0.460 e. The minimum absolute atomic E-state index is 0.0338. The van der Waals surface area contributed by atoms with Crippen LogP contribution in [0.2, 0.25) is 0 Å². The van der Waals surface area contributed by atoms with E-state index in [1.807, 2.05) is 42.2 Å². The number of amides is 1. The maximum atomic E-state index is 12.6. The van der Waals surface area contributed by atoms with Crippen molar-refractivity contribution in [2.45, 2.75) is 51.4 Å². The summed E-state index contributed by atoms with van der Waals surface area (Å²) in [6.07, 6.45) is 2.39. The molecular weight excluding hydrogens is 480 g/mol. The minimum atomic E-state index is -0.477. The number of anilines is 1. The van der Waals surface area contributed by atoms with Crippen LogP contribution < -0.4 is 4.90 Å². The molecule has 1 unspecified atom stereocenters. The second kappa shape index (κ2) is 13.3. The SMILES string of the molecule is CCCC(O)c1ccc(N2C(=O)CC[C@@H]2COCc2ccc(C(=O)OCCN3CCOCC3)s2)cc1. The van der Waals surface area contributed by atoms with Crippen molar-refractivity contribution in [2.24, 2.45) is 0 Å². The molecule has 1 aromatic heterocycles. The number of carbonyl (C=O) groups excluding carboxylic acids is 2. The number of hydrogen-bond acceptors (Lipinski definition) is 8. The zero-order valence-corrected chi connectivity index (χ0v) is 21.7. The topological polar surface area (TPSA) is 88.5 Å². The molecule has 2 fully saturated rings. The van der Waals surface area contributed by atoms with E-state index in [1.165, 1.54) is 11.3 Å². The molecule has 2 saturated heterocycles. The lowest BCUT2D eigenvalue weighted by Gasteiger charge is -2.26. The monoisotopic (exact) mass is 516 g/mol. The predicted octanol–water partition coefficient (Wildman–Crippen LogP) is 3.78. The molecule has 1 amide bonds. The molecular formula is C27H36N2O6S. The lowest BCUT2D eigenvalue weighted by molar-refractivity contribution is -0.117. The third-order valence-corrected chi connectivity index (χ3v) is 7.64. The van der Waals surface area contributed by atoms with Crippen molar-refractivity contribution >= 4 is 28.9 Å². The summed E-state index contributed by atoms with van der Waals surface area (Å²) in [5.41, 5.74) is 1.70. The number of nitrogens with zero attached hydrogens (tertiary/aromatic N) is 2. The van der Waals surface area contributed by atoms with Crippen LogP contribution in [0.25, 0.3) is 0 Å². The lowest BCUT2D eigenvalue weighted by Crippen LogP contribution is -2.38. The Morgan fingerprint density at radius 2 is 1.97 bits per heavy atom. The van der Waals surface area contributed by atoms with Gasteiger partial charge in [-0.3, -0.25) is 9.69 Å². The Labute approximate surface area is 216 Å². The van der Waals surface area contributed by atoms with Gasteiger partial charge in [0.05, 0.1) is 38.6 Å². The maximum Gasteiger partial charge on any atom is 0.348 e. The van der Waals surface area contributed by atoms with Crippen LogP contribution in [0.3, 0.4) is 0 Å². The number of esters is 1. The highest BCUT2D eigenvalue weighted by Gasteiger charge is 2.32. The number of ether oxygens (including phenoxy) is 3. The summed E-state index contributed by atoms with van der Waals surface area (Å²) < 4.78 is 16.7. The standard InChI is InChI=1S/C27H36N2O6S/c1-2-3-24(30)20-4-6-21(7-5-20)29-22(8-11-26(29)31)18-34-19-23-9-10-25(36-23)27(32)35-17-14-28-12-15-33-16-13-28/h4-7,9-10,22,24,30H,2-3,8,11-19H2,1H3/t22-,24?/m1/s1. The van der Waals surface area contributed by atoms with Crippen LogP contribution in [0.1, 0.15) is 58.8 Å². The summed E-state index contributed by atoms with van der Waals surface area (Å²) in [6.45, 7) is 7.12. The second-order valence-electron chi connectivity index (χ2n) is 9.22. The van der Waals surface area contributed by atoms with Crippen molar-refractivity contribution in [3.05, 3.63) is 51.7 Å². The molecule has 2 aliphatic heterocycles. The number of aliphatic hydroxyl groups is 1. The van der Waals surface area contributed by atoms with Crippen LogP contribution in [-0.4, -0.2) is 74.0 Å². The van der Waals surface area contributed by atoms with E-state index >= 15 is 0 Å². The average Bonchev–Trinajstić information content (AvgIpc) is 3.52. The Kier molecular flexibility index (Phi) is 9.89. The van der Waals surface area contributed by atoms with Crippen LogP contribution in [-0.2, 0) is 25.6 Å². The molecule has 2 aromatic rings. The Hall–Kier alpha value is -2.30. The van der Waals surface area contributed by atoms with E-state index in [1.54, 1.807) is 6.07 Å². The van der Waals surface area contributed by atoms with Gasteiger partial charge < -0.3 is 24.2 Å². The molecule has 8 nitrogen and oxygen atoms in total. The highest BCUT2D eigenvalue weighted by atomic mass is 32.1. The average molecular weight is 517 g/mol. The quantitative estimate of drug-likeness (QED) is 0.430. The summed E-state index contributed by atoms with van der Waals surface area (Å²) in [4.78, 5) is 30.5. The molecule has 2 atom stereocenters. The van der Waals surface area contributed by atoms with Crippen LogP contribution in [0.5, 0.6) is 0 Å². The molecule has 0 radical (unpaired) electrons. The molecule has 2 aliphatic rings. The lowest BCUT2D eigenvalue weighted by atomic mass is 10.0. The molecule has 0 saturated carbocycles. The van der Waals surface area contributed by atoms with E-state index in [9.17, 15) is 14.7 Å². The van der Waals surface area contributed by atoms with E-state index in [4.69, 9.17) is 14.2 Å². The molecule has 0 bridgehead atoms. The number of carbonyl (C=O) groups is 2. The first-order valence-corrected chi connectivity index (χ1v) is 13.6. The van der Waals surface area contributed by atoms with Crippen molar-refractivity contribution in [1.82, 2.24) is 4.90 Å². The van der Waals surface area contributed by atoms with Gasteiger partial charge in [0.25, 0.3) is 0 Å². The molecule has 1 N–H and O–H groups in total. The van der Waals surface area contributed by atoms with Gasteiger partial charge in [0.15, 0.2) is 0 Å². The molecule has 9 heteroatoms. The molecule has 0 aliphatic carbocycles. The van der Waals surface area contributed by atoms with Crippen LogP contribution >= 0.6 is 11.3 Å². The summed E-state index contributed by atoms with van der Waals surface area (Å²) in [7, 11) is 0. The number of morpholine rings is 1. The number of benzene rings is 1. The Morgan fingerprint density at radius 3 is 2.72 bits per heavy atom. The fourth-order valence-corrected chi connectivity index (χ4v) is 5.42. The fourth-order valence-electron chi connectivity index (χ4n) is 4.58. The van der Waals surface area contributed by atoms with Gasteiger partial charge in [-0.1, -0.05) is 25.5 Å². The summed E-state index contributed by atoms with van der Waals surface area (Å²) in [5, 5.41) is 10.2. The first-order chi connectivity index (χ1) is 17.5. The molecule has 0 spiro atoms. The zero-order valence-electron chi connectivity index (χ0n) is 20.9. The van der Waals surface area contributed by atoms with Crippen molar-refractivity contribution in [2.75, 3.05) is 51.0 Å². The number of aliphatic hydroxyl groups excluding tert-OH is 1. The Morgan fingerprint density at radius 1 is 1.19 bits per heavy atom. The second-order valence-corrected chi connectivity index (χ2v) is 10.4. The van der Waals surface area contributed by atoms with Gasteiger partial charge in [0.2, 0.25) is 5.91 Å². The van der Waals surface area contributed by atoms with Crippen molar-refractivity contribution in [3.63, 3.8) is 0 Å². The van der Waals surface area contributed by atoms with Gasteiger partial charge in [-0.15, -0.1) is 11.3 Å². The van der Waals surface area contributed by atoms with Gasteiger partial charge in [0, 0.05) is 36.6 Å². The van der Waals surface area contributed by atoms with E-state index in [-0.39, 0.29) is 17.9 Å². The summed E-state index contributed by atoms with van der Waals surface area (Å²) in [6, 6.07) is 11.2. The zero-order chi connectivity index (χ0) is 25.3. The van der Waals surface area contributed by atoms with Gasteiger partial charge in [-0.2, -0.15) is 0 Å². The third-order valence-electron chi connectivity index (χ3n) is 6.61. The van der Waals surface area contributed by atoms with E-state index < -0.39 is 6.10 Å².